The Labute approximate surface area is 130 Å². The van der Waals surface area contributed by atoms with Crippen LogP contribution in [0.3, 0.4) is 0 Å². The van der Waals surface area contributed by atoms with Crippen LogP contribution in [0.25, 0.3) is 0 Å². The monoisotopic (exact) mass is 329 g/mol. The number of ether oxygens (including phenoxy) is 1. The Balaban J connectivity index is 1.68. The molecule has 116 valence electrons. The molecule has 1 saturated carbocycles. The van der Waals surface area contributed by atoms with Crippen LogP contribution in [0.2, 0.25) is 5.02 Å². The van der Waals surface area contributed by atoms with Gasteiger partial charge in [-0.15, -0.1) is 0 Å². The molecule has 4 nitrogen and oxygen atoms in total. The molecule has 21 heavy (non-hydrogen) atoms. The van der Waals surface area contributed by atoms with Crippen molar-refractivity contribution in [3.05, 3.63) is 34.9 Å². The zero-order chi connectivity index (χ0) is 14.9. The Morgan fingerprint density at radius 3 is 2.57 bits per heavy atom. The van der Waals surface area contributed by atoms with E-state index in [-0.39, 0.29) is 17.2 Å². The second kappa shape index (κ2) is 5.88. The highest BCUT2D eigenvalue weighted by Crippen LogP contribution is 2.49. The zero-order valence-electron chi connectivity index (χ0n) is 11.8. The number of rotatable bonds is 4. The van der Waals surface area contributed by atoms with Crippen molar-refractivity contribution in [1.29, 1.82) is 0 Å². The molecule has 0 aromatic heterocycles. The Bertz CT molecular complexity index is 611. The lowest BCUT2D eigenvalue weighted by molar-refractivity contribution is -0.0483. The van der Waals surface area contributed by atoms with Crippen LogP contribution in [0.15, 0.2) is 24.3 Å². The SMILES string of the molecule is O=S(=O)(Cc1ccccc1Cl)NC1CCC12CCOCC2. The maximum Gasteiger partial charge on any atom is 0.216 e. The van der Waals surface area contributed by atoms with E-state index < -0.39 is 10.0 Å². The van der Waals surface area contributed by atoms with Crippen molar-refractivity contribution in [2.24, 2.45) is 5.41 Å². The van der Waals surface area contributed by atoms with Gasteiger partial charge in [-0.3, -0.25) is 0 Å². The lowest BCUT2D eigenvalue weighted by Crippen LogP contribution is -2.57. The fourth-order valence-corrected chi connectivity index (χ4v) is 5.16. The molecule has 1 aromatic rings. The van der Waals surface area contributed by atoms with Gasteiger partial charge in [0.2, 0.25) is 10.0 Å². The predicted octanol–water partition coefficient (Wildman–Crippen LogP) is 2.72. The minimum atomic E-state index is -3.37. The lowest BCUT2D eigenvalue weighted by atomic mass is 9.60. The summed E-state index contributed by atoms with van der Waals surface area (Å²) in [5.74, 6) is -0.0598. The van der Waals surface area contributed by atoms with Crippen LogP contribution in [-0.4, -0.2) is 27.7 Å². The summed E-state index contributed by atoms with van der Waals surface area (Å²) in [5, 5.41) is 0.497. The molecular weight excluding hydrogens is 310 g/mol. The third-order valence-electron chi connectivity index (χ3n) is 4.78. The van der Waals surface area contributed by atoms with Gasteiger partial charge in [-0.1, -0.05) is 29.8 Å². The minimum Gasteiger partial charge on any atom is -0.381 e. The van der Waals surface area contributed by atoms with Gasteiger partial charge in [0.15, 0.2) is 0 Å². The second-order valence-electron chi connectivity index (χ2n) is 6.03. The summed E-state index contributed by atoms with van der Waals surface area (Å²) in [5.41, 5.74) is 0.762. The van der Waals surface area contributed by atoms with Crippen molar-refractivity contribution < 1.29 is 13.2 Å². The van der Waals surface area contributed by atoms with E-state index in [0.717, 1.165) is 38.9 Å². The summed E-state index contributed by atoms with van der Waals surface area (Å²) in [4.78, 5) is 0. The maximum absolute atomic E-state index is 12.4. The van der Waals surface area contributed by atoms with E-state index in [9.17, 15) is 8.42 Å². The van der Waals surface area contributed by atoms with Crippen LogP contribution >= 0.6 is 11.6 Å². The smallest absolute Gasteiger partial charge is 0.216 e. The number of sulfonamides is 1. The molecule has 1 heterocycles. The summed E-state index contributed by atoms with van der Waals surface area (Å²) in [7, 11) is -3.37. The molecule has 1 spiro atoms. The molecule has 3 rings (SSSR count). The first kappa shape index (κ1) is 15.3. The average Bonchev–Trinajstić information content (AvgIpc) is 2.47. The van der Waals surface area contributed by atoms with E-state index >= 15 is 0 Å². The number of hydrogen-bond donors (Lipinski definition) is 1. The van der Waals surface area contributed by atoms with Crippen molar-refractivity contribution in [3.63, 3.8) is 0 Å². The Hall–Kier alpha value is -0.620. The van der Waals surface area contributed by atoms with Crippen molar-refractivity contribution >= 4 is 21.6 Å². The predicted molar refractivity (Wildman–Crippen MR) is 82.7 cm³/mol. The number of hydrogen-bond acceptors (Lipinski definition) is 3. The van der Waals surface area contributed by atoms with Gasteiger partial charge >= 0.3 is 0 Å². The highest BCUT2D eigenvalue weighted by molar-refractivity contribution is 7.88. The minimum absolute atomic E-state index is 0.0499. The van der Waals surface area contributed by atoms with Crippen molar-refractivity contribution in [3.8, 4) is 0 Å². The van der Waals surface area contributed by atoms with Gasteiger partial charge < -0.3 is 4.74 Å². The lowest BCUT2D eigenvalue weighted by Gasteiger charge is -2.51. The Kier molecular flexibility index (Phi) is 4.28. The van der Waals surface area contributed by atoms with E-state index in [0.29, 0.717) is 10.6 Å². The number of benzene rings is 1. The molecule has 1 aliphatic carbocycles. The second-order valence-corrected chi connectivity index (χ2v) is 8.20. The van der Waals surface area contributed by atoms with Crippen LogP contribution < -0.4 is 4.72 Å². The van der Waals surface area contributed by atoms with Gasteiger partial charge in [0.1, 0.15) is 0 Å². The fourth-order valence-electron chi connectivity index (χ4n) is 3.34. The topological polar surface area (TPSA) is 55.4 Å². The van der Waals surface area contributed by atoms with Gasteiger partial charge in [0, 0.05) is 24.3 Å². The molecule has 1 N–H and O–H groups in total. The molecule has 1 atom stereocenters. The summed E-state index contributed by atoms with van der Waals surface area (Å²) in [6, 6.07) is 7.13. The van der Waals surface area contributed by atoms with E-state index in [1.165, 1.54) is 0 Å². The molecule has 1 aromatic carbocycles. The molecule has 6 heteroatoms. The van der Waals surface area contributed by atoms with Crippen molar-refractivity contribution in [1.82, 2.24) is 4.72 Å². The maximum atomic E-state index is 12.4. The third-order valence-corrected chi connectivity index (χ3v) is 6.49. The molecule has 1 saturated heterocycles. The first-order chi connectivity index (χ1) is 10.0. The van der Waals surface area contributed by atoms with Crippen molar-refractivity contribution in [2.45, 2.75) is 37.5 Å². The van der Waals surface area contributed by atoms with Crippen LogP contribution in [0.5, 0.6) is 0 Å². The molecule has 1 aliphatic heterocycles. The van der Waals surface area contributed by atoms with Gasteiger partial charge in [-0.2, -0.15) is 0 Å². The van der Waals surface area contributed by atoms with Crippen molar-refractivity contribution in [2.75, 3.05) is 13.2 Å². The number of nitrogens with one attached hydrogen (secondary N) is 1. The zero-order valence-corrected chi connectivity index (χ0v) is 13.4. The quantitative estimate of drug-likeness (QED) is 0.924. The van der Waals surface area contributed by atoms with Crippen LogP contribution in [0.4, 0.5) is 0 Å². The molecule has 0 bridgehead atoms. The molecule has 1 unspecified atom stereocenters. The van der Waals surface area contributed by atoms with Crippen LogP contribution in [0.1, 0.15) is 31.2 Å². The summed E-state index contributed by atoms with van der Waals surface area (Å²) in [6.45, 7) is 1.48. The first-order valence-electron chi connectivity index (χ1n) is 7.32. The van der Waals surface area contributed by atoms with E-state index in [2.05, 4.69) is 4.72 Å². The standard InChI is InChI=1S/C15H20ClNO3S/c16-13-4-2-1-3-12(13)11-21(18,19)17-14-5-6-15(14)7-9-20-10-8-15/h1-4,14,17H,5-11H2. The third kappa shape index (κ3) is 3.26. The van der Waals surface area contributed by atoms with Gasteiger partial charge in [-0.25, -0.2) is 13.1 Å². The van der Waals surface area contributed by atoms with E-state index in [1.807, 2.05) is 0 Å². The summed E-state index contributed by atoms with van der Waals surface area (Å²) < 4.78 is 33.0. The summed E-state index contributed by atoms with van der Waals surface area (Å²) in [6.07, 6.45) is 3.91. The summed E-state index contributed by atoms with van der Waals surface area (Å²) >= 11 is 6.05. The fraction of sp³-hybridized carbons (Fsp3) is 0.600. The van der Waals surface area contributed by atoms with E-state index in [1.54, 1.807) is 24.3 Å². The normalized spacial score (nSPS) is 24.7. The average molecular weight is 330 g/mol. The largest absolute Gasteiger partial charge is 0.381 e. The highest BCUT2D eigenvalue weighted by atomic mass is 35.5. The van der Waals surface area contributed by atoms with Gasteiger partial charge in [0.05, 0.1) is 5.75 Å². The van der Waals surface area contributed by atoms with Gasteiger partial charge in [0.25, 0.3) is 0 Å². The first-order valence-corrected chi connectivity index (χ1v) is 9.35. The van der Waals surface area contributed by atoms with E-state index in [4.69, 9.17) is 16.3 Å². The number of halogens is 1. The molecule has 2 aliphatic rings. The van der Waals surface area contributed by atoms with Crippen LogP contribution in [0, 0.1) is 5.41 Å². The molecule has 2 fully saturated rings. The molecular formula is C15H20ClNO3S. The Morgan fingerprint density at radius 2 is 1.95 bits per heavy atom. The Morgan fingerprint density at radius 1 is 1.24 bits per heavy atom. The molecule has 0 amide bonds. The van der Waals surface area contributed by atoms with Crippen LogP contribution in [-0.2, 0) is 20.5 Å². The molecule has 0 radical (unpaired) electrons. The highest BCUT2D eigenvalue weighted by Gasteiger charge is 2.48. The van der Waals surface area contributed by atoms with Gasteiger partial charge in [-0.05, 0) is 42.7 Å².